The minimum Gasteiger partial charge on any atom is -0.374 e. The van der Waals surface area contributed by atoms with E-state index in [4.69, 9.17) is 5.64 Å². The van der Waals surface area contributed by atoms with E-state index in [1.807, 2.05) is 7.41 Å². The van der Waals surface area contributed by atoms with Crippen molar-refractivity contribution in [3.05, 3.63) is 0 Å². The van der Waals surface area contributed by atoms with Crippen LogP contribution in [0.1, 0.15) is 64.2 Å². The van der Waals surface area contributed by atoms with Gasteiger partial charge in [-0.1, -0.05) is 70.0 Å². The van der Waals surface area contributed by atoms with Crippen molar-refractivity contribution >= 4 is 7.41 Å². The maximum Gasteiger partial charge on any atom is 0.205 e. The molecule has 0 aliphatic heterocycles. The third kappa shape index (κ3) is 5.35. The van der Waals surface area contributed by atoms with E-state index in [0.29, 0.717) is 5.82 Å². The summed E-state index contributed by atoms with van der Waals surface area (Å²) in [6.45, 7) is 0. The average Bonchev–Trinajstić information content (AvgIpc) is 2.22. The SMILES string of the molecule is N[B]C1CCCCCCCCCC1. The normalized spacial score (nSPS) is 23.5. The fraction of sp³-hybridized carbons (Fsp3) is 1.00. The summed E-state index contributed by atoms with van der Waals surface area (Å²) < 4.78 is 0. The topological polar surface area (TPSA) is 26.0 Å². The fourth-order valence-electron chi connectivity index (χ4n) is 2.21. The van der Waals surface area contributed by atoms with Crippen molar-refractivity contribution in [3.8, 4) is 0 Å². The zero-order valence-corrected chi connectivity index (χ0v) is 8.80. The predicted octanol–water partition coefficient (Wildman–Crippen LogP) is 3.27. The quantitative estimate of drug-likeness (QED) is 0.615. The largest absolute Gasteiger partial charge is 0.374 e. The molecule has 0 bridgehead atoms. The van der Waals surface area contributed by atoms with Crippen molar-refractivity contribution in [2.24, 2.45) is 5.64 Å². The van der Waals surface area contributed by atoms with Crippen molar-refractivity contribution in [2.45, 2.75) is 70.0 Å². The van der Waals surface area contributed by atoms with E-state index >= 15 is 0 Å². The highest BCUT2D eigenvalue weighted by Gasteiger charge is 2.08. The van der Waals surface area contributed by atoms with Gasteiger partial charge in [-0.15, -0.1) is 0 Å². The molecular weight excluding hydrogens is 157 g/mol. The molecule has 1 rings (SSSR count). The highest BCUT2D eigenvalue weighted by Crippen LogP contribution is 2.23. The lowest BCUT2D eigenvalue weighted by Gasteiger charge is -2.12. The van der Waals surface area contributed by atoms with Crippen LogP contribution in [0.15, 0.2) is 0 Å². The lowest BCUT2D eigenvalue weighted by Crippen LogP contribution is -2.13. The molecule has 0 spiro atoms. The average molecular weight is 180 g/mol. The van der Waals surface area contributed by atoms with Crippen LogP contribution in [0.5, 0.6) is 0 Å². The van der Waals surface area contributed by atoms with Crippen molar-refractivity contribution in [1.29, 1.82) is 0 Å². The third-order valence-electron chi connectivity index (χ3n) is 3.17. The van der Waals surface area contributed by atoms with Crippen LogP contribution in [0.25, 0.3) is 0 Å². The van der Waals surface area contributed by atoms with E-state index in [2.05, 4.69) is 0 Å². The summed E-state index contributed by atoms with van der Waals surface area (Å²) in [5.41, 5.74) is 5.63. The van der Waals surface area contributed by atoms with Gasteiger partial charge in [0, 0.05) is 0 Å². The van der Waals surface area contributed by atoms with Crippen molar-refractivity contribution in [1.82, 2.24) is 0 Å². The van der Waals surface area contributed by atoms with Gasteiger partial charge >= 0.3 is 0 Å². The summed E-state index contributed by atoms with van der Waals surface area (Å²) in [5, 5.41) is 0. The maximum atomic E-state index is 5.63. The molecule has 2 heteroatoms. The first-order valence-electron chi connectivity index (χ1n) is 5.98. The van der Waals surface area contributed by atoms with Gasteiger partial charge in [-0.25, -0.2) is 0 Å². The summed E-state index contributed by atoms with van der Waals surface area (Å²) in [6, 6.07) is 0. The Morgan fingerprint density at radius 2 is 1.08 bits per heavy atom. The predicted molar refractivity (Wildman–Crippen MR) is 59.9 cm³/mol. The molecule has 1 aliphatic rings. The first kappa shape index (κ1) is 11.1. The molecule has 0 atom stereocenters. The van der Waals surface area contributed by atoms with Gasteiger partial charge in [0.05, 0.1) is 0 Å². The smallest absolute Gasteiger partial charge is 0.205 e. The molecule has 0 aromatic rings. The molecule has 1 radical (unpaired) electrons. The molecular formula is C11H23BN. The Hall–Kier alpha value is 0.0249. The molecule has 0 aromatic heterocycles. The molecule has 0 aromatic carbocycles. The van der Waals surface area contributed by atoms with Crippen LogP contribution in [0.4, 0.5) is 0 Å². The van der Waals surface area contributed by atoms with Gasteiger partial charge in [0.15, 0.2) is 0 Å². The minimum atomic E-state index is 0.707. The molecule has 0 amide bonds. The number of hydrogen-bond donors (Lipinski definition) is 1. The Kier molecular flexibility index (Phi) is 6.35. The molecule has 0 heterocycles. The van der Waals surface area contributed by atoms with Gasteiger partial charge in [-0.05, 0) is 0 Å². The Labute approximate surface area is 83.7 Å². The van der Waals surface area contributed by atoms with Crippen LogP contribution in [0.3, 0.4) is 0 Å². The second kappa shape index (κ2) is 7.43. The lowest BCUT2D eigenvalue weighted by atomic mass is 9.71. The number of hydrogen-bond acceptors (Lipinski definition) is 1. The summed E-state index contributed by atoms with van der Waals surface area (Å²) >= 11 is 0. The first-order chi connectivity index (χ1) is 6.43. The van der Waals surface area contributed by atoms with E-state index in [9.17, 15) is 0 Å². The van der Waals surface area contributed by atoms with Crippen molar-refractivity contribution < 1.29 is 0 Å². The van der Waals surface area contributed by atoms with Crippen LogP contribution in [-0.2, 0) is 0 Å². The van der Waals surface area contributed by atoms with Gasteiger partial charge in [-0.3, -0.25) is 0 Å². The van der Waals surface area contributed by atoms with E-state index < -0.39 is 0 Å². The van der Waals surface area contributed by atoms with Crippen molar-refractivity contribution in [3.63, 3.8) is 0 Å². The van der Waals surface area contributed by atoms with Crippen LogP contribution in [-0.4, -0.2) is 7.41 Å². The molecule has 1 saturated carbocycles. The highest BCUT2D eigenvalue weighted by atomic mass is 14.4. The van der Waals surface area contributed by atoms with E-state index in [-0.39, 0.29) is 0 Å². The zero-order chi connectivity index (χ0) is 9.36. The molecule has 13 heavy (non-hydrogen) atoms. The second-order valence-electron chi connectivity index (χ2n) is 4.36. The maximum absolute atomic E-state index is 5.63. The number of rotatable bonds is 1. The van der Waals surface area contributed by atoms with Crippen LogP contribution in [0.2, 0.25) is 5.82 Å². The third-order valence-corrected chi connectivity index (χ3v) is 3.17. The molecule has 2 N–H and O–H groups in total. The Morgan fingerprint density at radius 1 is 0.692 bits per heavy atom. The first-order valence-corrected chi connectivity index (χ1v) is 5.98. The standard InChI is InChI=1S/C11H23BN/c13-12-11-9-7-5-3-1-2-4-6-8-10-11/h11H,1-10,13H2. The molecule has 1 fully saturated rings. The lowest BCUT2D eigenvalue weighted by molar-refractivity contribution is 0.580. The highest BCUT2D eigenvalue weighted by molar-refractivity contribution is 6.33. The number of nitrogens with two attached hydrogens (primary N) is 1. The van der Waals surface area contributed by atoms with Crippen LogP contribution >= 0.6 is 0 Å². The van der Waals surface area contributed by atoms with E-state index in [1.54, 1.807) is 0 Å². The Morgan fingerprint density at radius 3 is 1.46 bits per heavy atom. The summed E-state index contributed by atoms with van der Waals surface area (Å²) in [7, 11) is 1.93. The molecule has 0 unspecified atom stereocenters. The minimum absolute atomic E-state index is 0.707. The zero-order valence-electron chi connectivity index (χ0n) is 8.80. The van der Waals surface area contributed by atoms with E-state index in [1.165, 1.54) is 64.2 Å². The van der Waals surface area contributed by atoms with Gasteiger partial charge in [0.1, 0.15) is 0 Å². The Bertz CT molecular complexity index is 105. The van der Waals surface area contributed by atoms with Gasteiger partial charge in [-0.2, -0.15) is 0 Å². The Balaban J connectivity index is 2.18. The van der Waals surface area contributed by atoms with Gasteiger partial charge in [0.25, 0.3) is 0 Å². The van der Waals surface area contributed by atoms with E-state index in [0.717, 1.165) is 0 Å². The van der Waals surface area contributed by atoms with Crippen molar-refractivity contribution in [2.75, 3.05) is 0 Å². The molecule has 1 aliphatic carbocycles. The van der Waals surface area contributed by atoms with Gasteiger partial charge < -0.3 is 5.64 Å². The van der Waals surface area contributed by atoms with Crippen LogP contribution < -0.4 is 5.64 Å². The second-order valence-corrected chi connectivity index (χ2v) is 4.36. The summed E-state index contributed by atoms with van der Waals surface area (Å²) in [6.07, 6.45) is 14.1. The molecule has 1 nitrogen and oxygen atoms in total. The summed E-state index contributed by atoms with van der Waals surface area (Å²) in [5.74, 6) is 0.707. The molecule has 0 saturated heterocycles. The monoisotopic (exact) mass is 180 g/mol. The summed E-state index contributed by atoms with van der Waals surface area (Å²) in [4.78, 5) is 0. The van der Waals surface area contributed by atoms with Crippen LogP contribution in [0, 0.1) is 0 Å². The molecule has 75 valence electrons. The fourth-order valence-corrected chi connectivity index (χ4v) is 2.21. The van der Waals surface area contributed by atoms with Gasteiger partial charge in [0.2, 0.25) is 7.41 Å².